The Hall–Kier alpha value is -2.74. The van der Waals surface area contributed by atoms with Gasteiger partial charge in [-0.1, -0.05) is 12.1 Å². The number of hydrogen-bond donors (Lipinski definition) is 1. The highest BCUT2D eigenvalue weighted by Gasteiger charge is 2.15. The van der Waals surface area contributed by atoms with Crippen molar-refractivity contribution in [1.82, 2.24) is 5.32 Å². The van der Waals surface area contributed by atoms with Crippen LogP contribution in [0.3, 0.4) is 0 Å². The summed E-state index contributed by atoms with van der Waals surface area (Å²) >= 11 is 0. The Bertz CT molecular complexity index is 942. The second kappa shape index (κ2) is 9.65. The number of ether oxygens (including phenoxy) is 2. The Morgan fingerprint density at radius 3 is 2.41 bits per heavy atom. The molecule has 0 unspecified atom stereocenters. The molecule has 1 N–H and O–H groups in total. The summed E-state index contributed by atoms with van der Waals surface area (Å²) in [6, 6.07) is 12.5. The summed E-state index contributed by atoms with van der Waals surface area (Å²) in [6.45, 7) is 6.34. The lowest BCUT2D eigenvalue weighted by Crippen LogP contribution is -2.38. The molecule has 0 spiro atoms. The summed E-state index contributed by atoms with van der Waals surface area (Å²) in [5.74, 6) is 1.03. The molecule has 0 aromatic heterocycles. The number of sulfonamides is 1. The van der Waals surface area contributed by atoms with Crippen LogP contribution in [-0.4, -0.2) is 46.9 Å². The number of anilines is 1. The number of nitrogens with one attached hydrogen (secondary N) is 1. The lowest BCUT2D eigenvalue weighted by atomic mass is 10.1. The second-order valence-electron chi connectivity index (χ2n) is 6.89. The first kappa shape index (κ1) is 22.5. The van der Waals surface area contributed by atoms with Gasteiger partial charge in [0.05, 0.1) is 18.5 Å². The molecule has 2 aromatic carbocycles. The van der Waals surface area contributed by atoms with Crippen molar-refractivity contribution in [3.8, 4) is 11.5 Å². The minimum absolute atomic E-state index is 0.258. The summed E-state index contributed by atoms with van der Waals surface area (Å²) in [7, 11) is -1.85. The summed E-state index contributed by atoms with van der Waals surface area (Å²) in [5, 5.41) is 2.78. The van der Waals surface area contributed by atoms with E-state index in [0.717, 1.165) is 23.1 Å². The summed E-state index contributed by atoms with van der Waals surface area (Å²) in [6.07, 6.45) is 0.433. The molecule has 0 aliphatic carbocycles. The highest BCUT2D eigenvalue weighted by molar-refractivity contribution is 7.92. The molecule has 0 aliphatic rings. The number of carbonyl (C=O) groups is 1. The highest BCUT2D eigenvalue weighted by Crippen LogP contribution is 2.21. The van der Waals surface area contributed by atoms with Gasteiger partial charge in [-0.05, 0) is 62.2 Å². The second-order valence-corrected chi connectivity index (χ2v) is 8.91. The van der Waals surface area contributed by atoms with Crippen molar-refractivity contribution in [2.75, 3.05) is 30.8 Å². The van der Waals surface area contributed by atoms with E-state index in [9.17, 15) is 13.2 Å². The molecule has 1 amide bonds. The van der Waals surface area contributed by atoms with Gasteiger partial charge in [0, 0.05) is 7.05 Å². The van der Waals surface area contributed by atoms with E-state index in [1.165, 1.54) is 11.4 Å². The summed E-state index contributed by atoms with van der Waals surface area (Å²) < 4.78 is 35.6. The van der Waals surface area contributed by atoms with Gasteiger partial charge in [0.15, 0.2) is 6.10 Å². The average Bonchev–Trinajstić information content (AvgIpc) is 2.66. The molecule has 2 aromatic rings. The van der Waals surface area contributed by atoms with E-state index in [4.69, 9.17) is 9.47 Å². The number of rotatable bonds is 9. The number of hydrogen-bond acceptors (Lipinski definition) is 5. The van der Waals surface area contributed by atoms with Gasteiger partial charge < -0.3 is 14.8 Å². The van der Waals surface area contributed by atoms with Gasteiger partial charge >= 0.3 is 0 Å². The van der Waals surface area contributed by atoms with Gasteiger partial charge in [0.1, 0.15) is 18.1 Å². The molecule has 0 aliphatic heterocycles. The number of nitrogens with zero attached hydrogens (tertiary/aromatic N) is 1. The van der Waals surface area contributed by atoms with Crippen LogP contribution < -0.4 is 19.1 Å². The van der Waals surface area contributed by atoms with Gasteiger partial charge in [-0.3, -0.25) is 9.10 Å². The van der Waals surface area contributed by atoms with Crippen molar-refractivity contribution in [3.05, 3.63) is 53.6 Å². The molecule has 0 saturated carbocycles. The normalized spacial score (nSPS) is 12.2. The topological polar surface area (TPSA) is 84.9 Å². The van der Waals surface area contributed by atoms with Crippen LogP contribution in [0.1, 0.15) is 18.1 Å². The van der Waals surface area contributed by atoms with Gasteiger partial charge in [0.2, 0.25) is 10.0 Å². The van der Waals surface area contributed by atoms with E-state index in [2.05, 4.69) is 5.32 Å². The van der Waals surface area contributed by atoms with E-state index in [0.29, 0.717) is 24.6 Å². The standard InChI is InChI=1S/C21H28N2O5S/c1-15-6-7-16(2)20(14-15)27-13-12-22-21(24)17(3)28-19-10-8-18(9-11-19)23(4)29(5,25)26/h6-11,14,17H,12-13H2,1-5H3,(H,22,24)/t17-/m1/s1. The smallest absolute Gasteiger partial charge is 0.260 e. The molecule has 8 heteroatoms. The maximum atomic E-state index is 12.2. The maximum absolute atomic E-state index is 12.2. The van der Waals surface area contributed by atoms with Crippen molar-refractivity contribution in [1.29, 1.82) is 0 Å². The number of amides is 1. The van der Waals surface area contributed by atoms with E-state index < -0.39 is 16.1 Å². The molecule has 1 atom stereocenters. The zero-order chi connectivity index (χ0) is 21.6. The first-order valence-corrected chi connectivity index (χ1v) is 11.1. The highest BCUT2D eigenvalue weighted by atomic mass is 32.2. The summed E-state index contributed by atoms with van der Waals surface area (Å²) in [4.78, 5) is 12.2. The van der Waals surface area contributed by atoms with Crippen LogP contribution >= 0.6 is 0 Å². The Morgan fingerprint density at radius 1 is 1.14 bits per heavy atom. The maximum Gasteiger partial charge on any atom is 0.260 e. The van der Waals surface area contributed by atoms with Crippen LogP contribution in [0.25, 0.3) is 0 Å². The van der Waals surface area contributed by atoms with Crippen molar-refractivity contribution in [2.45, 2.75) is 26.9 Å². The van der Waals surface area contributed by atoms with Gasteiger partial charge in [-0.25, -0.2) is 8.42 Å². The van der Waals surface area contributed by atoms with E-state index in [-0.39, 0.29) is 5.91 Å². The molecule has 158 valence electrons. The van der Waals surface area contributed by atoms with E-state index in [1.54, 1.807) is 31.2 Å². The van der Waals surface area contributed by atoms with Crippen LogP contribution in [0, 0.1) is 13.8 Å². The first-order chi connectivity index (χ1) is 13.6. The first-order valence-electron chi connectivity index (χ1n) is 9.26. The Morgan fingerprint density at radius 2 is 1.79 bits per heavy atom. The van der Waals surface area contributed by atoms with Crippen LogP contribution in [0.4, 0.5) is 5.69 Å². The molecule has 7 nitrogen and oxygen atoms in total. The lowest BCUT2D eigenvalue weighted by molar-refractivity contribution is -0.127. The van der Waals surface area contributed by atoms with Gasteiger partial charge in [-0.2, -0.15) is 0 Å². The predicted molar refractivity (Wildman–Crippen MR) is 114 cm³/mol. The van der Waals surface area contributed by atoms with Crippen LogP contribution in [0.5, 0.6) is 11.5 Å². The van der Waals surface area contributed by atoms with Crippen molar-refractivity contribution in [2.24, 2.45) is 0 Å². The molecule has 0 radical (unpaired) electrons. The van der Waals surface area contributed by atoms with Crippen LogP contribution in [0.2, 0.25) is 0 Å². The third-order valence-electron chi connectivity index (χ3n) is 4.38. The fourth-order valence-corrected chi connectivity index (χ4v) is 3.03. The van der Waals surface area contributed by atoms with Crippen molar-refractivity contribution >= 4 is 21.6 Å². The quantitative estimate of drug-likeness (QED) is 0.631. The molecule has 29 heavy (non-hydrogen) atoms. The van der Waals surface area contributed by atoms with E-state index >= 15 is 0 Å². The van der Waals surface area contributed by atoms with Crippen molar-refractivity contribution in [3.63, 3.8) is 0 Å². The lowest BCUT2D eigenvalue weighted by Gasteiger charge is -2.18. The third-order valence-corrected chi connectivity index (χ3v) is 5.59. The fourth-order valence-electron chi connectivity index (χ4n) is 2.53. The SMILES string of the molecule is Cc1ccc(C)c(OCCNC(=O)[C@@H](C)Oc2ccc(N(C)S(C)(=O)=O)cc2)c1. The molecule has 0 bridgehead atoms. The Balaban J connectivity index is 1.80. The molecular formula is C21H28N2O5S. The molecule has 0 heterocycles. The zero-order valence-corrected chi connectivity index (χ0v) is 18.2. The predicted octanol–water partition coefficient (Wildman–Crippen LogP) is 2.66. The third kappa shape index (κ3) is 6.67. The fraction of sp³-hybridized carbons (Fsp3) is 0.381. The van der Waals surface area contributed by atoms with Crippen LogP contribution in [-0.2, 0) is 14.8 Å². The Labute approximate surface area is 172 Å². The van der Waals surface area contributed by atoms with Gasteiger partial charge in [-0.15, -0.1) is 0 Å². The number of benzene rings is 2. The monoisotopic (exact) mass is 420 g/mol. The molecule has 0 saturated heterocycles. The summed E-state index contributed by atoms with van der Waals surface area (Å²) in [5.41, 5.74) is 2.68. The van der Waals surface area contributed by atoms with Crippen LogP contribution in [0.15, 0.2) is 42.5 Å². The number of aryl methyl sites for hydroxylation is 2. The molecular weight excluding hydrogens is 392 g/mol. The van der Waals surface area contributed by atoms with Crippen molar-refractivity contribution < 1.29 is 22.7 Å². The van der Waals surface area contributed by atoms with E-state index in [1.807, 2.05) is 32.0 Å². The molecule has 0 fully saturated rings. The average molecular weight is 421 g/mol. The van der Waals surface area contributed by atoms with Gasteiger partial charge in [0.25, 0.3) is 5.91 Å². The minimum atomic E-state index is -3.33. The molecule has 2 rings (SSSR count). The Kier molecular flexibility index (Phi) is 7.50. The minimum Gasteiger partial charge on any atom is -0.491 e. The zero-order valence-electron chi connectivity index (χ0n) is 17.4. The number of carbonyl (C=O) groups excluding carboxylic acids is 1. The largest absolute Gasteiger partial charge is 0.491 e.